The maximum atomic E-state index is 12.4. The van der Waals surface area contributed by atoms with Crippen LogP contribution in [0.5, 0.6) is 0 Å². The number of nitro groups is 1. The molecule has 1 aliphatic rings. The third-order valence-electron chi connectivity index (χ3n) is 4.31. The molecule has 4 N–H and O–H groups in total. The lowest BCUT2D eigenvalue weighted by atomic mass is 10.3. The second-order valence-corrected chi connectivity index (χ2v) is 6.47. The maximum absolute atomic E-state index is 12.4. The lowest BCUT2D eigenvalue weighted by Gasteiger charge is -2.08. The molecule has 0 unspecified atom stereocenters. The van der Waals surface area contributed by atoms with Crippen molar-refractivity contribution in [2.45, 2.75) is 0 Å². The number of aryl methyl sites for hydroxylation is 2. The minimum Gasteiger partial charge on any atom is -0.355 e. The lowest BCUT2D eigenvalue weighted by molar-refractivity contribution is -0.384. The maximum Gasteiger partial charge on any atom is 0.287 e. The summed E-state index contributed by atoms with van der Waals surface area (Å²) in [5.74, 6) is -0.0677. The fourth-order valence-corrected chi connectivity index (χ4v) is 2.89. The first-order valence-electron chi connectivity index (χ1n) is 8.94. The van der Waals surface area contributed by atoms with Crippen molar-refractivity contribution in [1.82, 2.24) is 25.1 Å². The van der Waals surface area contributed by atoms with Crippen molar-refractivity contribution < 1.29 is 14.5 Å². The molecule has 0 aliphatic carbocycles. The van der Waals surface area contributed by atoms with Gasteiger partial charge in [-0.2, -0.15) is 0 Å². The van der Waals surface area contributed by atoms with Gasteiger partial charge in [0.15, 0.2) is 5.96 Å². The van der Waals surface area contributed by atoms with E-state index in [1.54, 1.807) is 30.9 Å². The van der Waals surface area contributed by atoms with Crippen molar-refractivity contribution in [3.05, 3.63) is 46.0 Å². The number of hydrogen-bond acceptors (Lipinski definition) is 7. The van der Waals surface area contributed by atoms with Crippen LogP contribution in [-0.2, 0) is 14.1 Å². The highest BCUT2D eigenvalue weighted by Crippen LogP contribution is 2.18. The van der Waals surface area contributed by atoms with Crippen LogP contribution in [0.2, 0.25) is 0 Å². The number of aromatic nitrogens is 2. The van der Waals surface area contributed by atoms with Crippen molar-refractivity contribution in [3.8, 4) is 0 Å². The Morgan fingerprint density at radius 1 is 1.17 bits per heavy atom. The Morgan fingerprint density at radius 3 is 2.55 bits per heavy atom. The van der Waals surface area contributed by atoms with E-state index in [0.29, 0.717) is 24.5 Å². The summed E-state index contributed by atoms with van der Waals surface area (Å²) in [5.41, 5.74) is 0.753. The summed E-state index contributed by atoms with van der Waals surface area (Å²) in [7, 11) is 3.24. The van der Waals surface area contributed by atoms with E-state index in [0.717, 1.165) is 19.0 Å². The van der Waals surface area contributed by atoms with Crippen molar-refractivity contribution in [1.29, 1.82) is 0 Å². The molecule has 0 atom stereocenters. The average Bonchev–Trinajstić information content (AvgIpc) is 3.39. The van der Waals surface area contributed by atoms with E-state index in [2.05, 4.69) is 26.3 Å². The predicted molar refractivity (Wildman–Crippen MR) is 106 cm³/mol. The van der Waals surface area contributed by atoms with Crippen LogP contribution in [0.15, 0.2) is 29.5 Å². The van der Waals surface area contributed by atoms with Gasteiger partial charge in [0.2, 0.25) is 0 Å². The van der Waals surface area contributed by atoms with Gasteiger partial charge in [-0.3, -0.25) is 24.7 Å². The van der Waals surface area contributed by atoms with E-state index >= 15 is 0 Å². The van der Waals surface area contributed by atoms with E-state index in [4.69, 9.17) is 0 Å². The van der Waals surface area contributed by atoms with Crippen LogP contribution in [0.3, 0.4) is 0 Å². The molecule has 1 aliphatic heterocycles. The number of anilines is 1. The van der Waals surface area contributed by atoms with E-state index < -0.39 is 10.8 Å². The summed E-state index contributed by atoms with van der Waals surface area (Å²) in [4.78, 5) is 39.3. The predicted octanol–water partition coefficient (Wildman–Crippen LogP) is -0.197. The number of aliphatic imine (C=N–C) groups is 1. The van der Waals surface area contributed by atoms with Gasteiger partial charge in [0, 0.05) is 46.0 Å². The van der Waals surface area contributed by atoms with E-state index in [1.165, 1.54) is 16.8 Å². The van der Waals surface area contributed by atoms with Crippen LogP contribution in [-0.4, -0.2) is 58.0 Å². The Morgan fingerprint density at radius 2 is 1.90 bits per heavy atom. The van der Waals surface area contributed by atoms with E-state index in [-0.39, 0.29) is 17.3 Å². The van der Waals surface area contributed by atoms with Gasteiger partial charge in [0.1, 0.15) is 11.4 Å². The molecule has 154 valence electrons. The number of carbonyl (C=O) groups is 2. The van der Waals surface area contributed by atoms with Crippen molar-refractivity contribution in [2.24, 2.45) is 19.1 Å². The molecule has 0 aromatic carbocycles. The summed E-state index contributed by atoms with van der Waals surface area (Å²) in [6.45, 7) is 2.47. The Balaban J connectivity index is 1.57. The zero-order valence-corrected chi connectivity index (χ0v) is 16.1. The fourth-order valence-electron chi connectivity index (χ4n) is 2.89. The molecule has 0 fully saturated rings. The van der Waals surface area contributed by atoms with Crippen LogP contribution in [0.25, 0.3) is 0 Å². The van der Waals surface area contributed by atoms with Crippen molar-refractivity contribution in [3.63, 3.8) is 0 Å². The molecule has 2 aromatic rings. The van der Waals surface area contributed by atoms with Crippen molar-refractivity contribution in [2.75, 3.05) is 31.5 Å². The molecule has 0 saturated carbocycles. The molecule has 29 heavy (non-hydrogen) atoms. The normalized spacial score (nSPS) is 12.8. The second kappa shape index (κ2) is 8.46. The second-order valence-electron chi connectivity index (χ2n) is 6.47. The lowest BCUT2D eigenvalue weighted by Crippen LogP contribution is -2.39. The summed E-state index contributed by atoms with van der Waals surface area (Å²) in [6.07, 6.45) is 2.86. The molecule has 0 spiro atoms. The Bertz CT molecular complexity index is 974. The largest absolute Gasteiger partial charge is 0.355 e. The highest BCUT2D eigenvalue weighted by Gasteiger charge is 2.19. The van der Waals surface area contributed by atoms with Gasteiger partial charge in [-0.25, -0.2) is 0 Å². The average molecular weight is 402 g/mol. The molecule has 3 rings (SSSR count). The highest BCUT2D eigenvalue weighted by molar-refractivity contribution is 6.04. The Labute approximate surface area is 166 Å². The first kappa shape index (κ1) is 19.9. The molecule has 0 bridgehead atoms. The zero-order chi connectivity index (χ0) is 21.0. The van der Waals surface area contributed by atoms with Crippen LogP contribution in [0.4, 0.5) is 11.4 Å². The number of guanidine groups is 1. The van der Waals surface area contributed by atoms with Gasteiger partial charge >= 0.3 is 0 Å². The topological polar surface area (TPSA) is 148 Å². The third-order valence-corrected chi connectivity index (χ3v) is 4.31. The van der Waals surface area contributed by atoms with E-state index in [9.17, 15) is 19.7 Å². The number of amides is 2. The van der Waals surface area contributed by atoms with Gasteiger partial charge in [0.25, 0.3) is 17.5 Å². The van der Waals surface area contributed by atoms with Gasteiger partial charge < -0.3 is 30.4 Å². The SMILES string of the molecule is Cn1cc(NC(=O)c2cc([N+](=O)[O-])cn2C)cc1C(=O)NCCNC1=NCCN1. The molecule has 3 heterocycles. The van der Waals surface area contributed by atoms with Crippen LogP contribution >= 0.6 is 0 Å². The van der Waals surface area contributed by atoms with Gasteiger partial charge in [-0.05, 0) is 6.07 Å². The number of hydrogen-bond donors (Lipinski definition) is 4. The molecule has 2 aromatic heterocycles. The van der Waals surface area contributed by atoms with Gasteiger partial charge in [-0.1, -0.05) is 0 Å². The Hall–Kier alpha value is -3.83. The first-order chi connectivity index (χ1) is 13.8. The molecule has 0 saturated heterocycles. The number of nitrogens with zero attached hydrogens (tertiary/aromatic N) is 4. The smallest absolute Gasteiger partial charge is 0.287 e. The minimum atomic E-state index is -0.564. The molecule has 2 amide bonds. The van der Waals surface area contributed by atoms with Crippen LogP contribution in [0.1, 0.15) is 21.0 Å². The van der Waals surface area contributed by atoms with E-state index in [1.807, 2.05) is 0 Å². The molecular formula is C17H22N8O4. The summed E-state index contributed by atoms with van der Waals surface area (Å²) in [5, 5.41) is 22.4. The summed E-state index contributed by atoms with van der Waals surface area (Å²) >= 11 is 0. The standard InChI is InChI=1S/C17H22N8O4/c1-23-9-11(22-16(27)14-8-12(25(28)29)10-24(14)2)7-13(23)15(26)18-3-4-19-17-20-5-6-21-17/h7-10H,3-6H2,1-2H3,(H,18,26)(H,22,27)(H2,19,20,21). The van der Waals surface area contributed by atoms with Crippen LogP contribution in [0, 0.1) is 10.1 Å². The van der Waals surface area contributed by atoms with Crippen molar-refractivity contribution >= 4 is 29.1 Å². The quantitative estimate of drug-likeness (QED) is 0.286. The Kier molecular flexibility index (Phi) is 5.81. The molecule has 12 nitrogen and oxygen atoms in total. The van der Waals surface area contributed by atoms with Gasteiger partial charge in [-0.15, -0.1) is 0 Å². The third kappa shape index (κ3) is 4.72. The first-order valence-corrected chi connectivity index (χ1v) is 8.94. The number of carbonyl (C=O) groups excluding carboxylic acids is 2. The highest BCUT2D eigenvalue weighted by atomic mass is 16.6. The van der Waals surface area contributed by atoms with Gasteiger partial charge in [0.05, 0.1) is 23.4 Å². The summed E-state index contributed by atoms with van der Waals surface area (Å²) < 4.78 is 2.97. The van der Waals surface area contributed by atoms with Crippen LogP contribution < -0.4 is 21.3 Å². The number of nitrogens with one attached hydrogen (secondary N) is 4. The minimum absolute atomic E-state index is 0.140. The molecular weight excluding hydrogens is 380 g/mol. The summed E-state index contributed by atoms with van der Waals surface area (Å²) in [6, 6.07) is 2.74. The zero-order valence-electron chi connectivity index (χ0n) is 16.1. The molecule has 12 heteroatoms. The number of rotatable bonds is 7. The fraction of sp³-hybridized carbons (Fsp3) is 0.353. The molecule has 0 radical (unpaired) electrons. The monoisotopic (exact) mass is 402 g/mol.